The molecule has 0 saturated heterocycles. The molecule has 0 N–H and O–H groups in total. The van der Waals surface area contributed by atoms with Crippen molar-refractivity contribution >= 4 is 5.91 Å². The average Bonchev–Trinajstić information content (AvgIpc) is 3.04. The molecular weight excluding hydrogens is 514 g/mol. The molecule has 4 rings (SSSR count). The van der Waals surface area contributed by atoms with Crippen LogP contribution in [0.1, 0.15) is 56.7 Å². The van der Waals surface area contributed by atoms with Gasteiger partial charge in [0.05, 0.1) is 6.54 Å². The van der Waals surface area contributed by atoms with Crippen LogP contribution in [0, 0.1) is 0 Å². The molecule has 4 aromatic carbocycles. The Hall–Kier alpha value is -4.11. The van der Waals surface area contributed by atoms with E-state index in [-0.39, 0.29) is 5.91 Å². The second kappa shape index (κ2) is 15.2. The molecule has 42 heavy (non-hydrogen) atoms. The zero-order valence-electron chi connectivity index (χ0n) is 25.8. The summed E-state index contributed by atoms with van der Waals surface area (Å²) in [5.74, 6) is 0.724. The first-order chi connectivity index (χ1) is 20.5. The number of hydrogen-bond donors (Lipinski definition) is 0. The summed E-state index contributed by atoms with van der Waals surface area (Å²) in [6, 6.07) is 31.2. The van der Waals surface area contributed by atoms with E-state index in [0.29, 0.717) is 13.2 Å². The molecule has 4 aromatic rings. The van der Waals surface area contributed by atoms with Crippen LogP contribution >= 0.6 is 0 Å². The number of carbonyl (C=O) groups excluding carboxylic acids is 1. The van der Waals surface area contributed by atoms with E-state index < -0.39 is 0 Å². The Kier molecular flexibility index (Phi) is 11.2. The van der Waals surface area contributed by atoms with Crippen molar-refractivity contribution in [3.05, 3.63) is 114 Å². The summed E-state index contributed by atoms with van der Waals surface area (Å²) >= 11 is 0. The number of carbonyl (C=O) groups is 1. The van der Waals surface area contributed by atoms with Crippen LogP contribution in [-0.4, -0.2) is 31.0 Å². The summed E-state index contributed by atoms with van der Waals surface area (Å²) in [6.07, 6.45) is 8.20. The summed E-state index contributed by atoms with van der Waals surface area (Å²) in [7, 11) is 1.75. The minimum Gasteiger partial charge on any atom is -0.492 e. The molecule has 3 nitrogen and oxygen atoms in total. The van der Waals surface area contributed by atoms with Crippen molar-refractivity contribution in [2.45, 2.75) is 59.3 Å². The third kappa shape index (κ3) is 7.79. The standard InChI is InChI=1S/C39H45NO2/c1-6-10-11-12-29-13-15-32(16-14-29)35-21-23-37(30(7-2)27-35)33-17-19-34(20-18-33)38-24-22-36(28-31(38)8-3)42-26-25-40(5)39(41)9-4/h9,13-24,27-28H,4,6-8,10-12,25-26H2,1-3,5H3. The van der Waals surface area contributed by atoms with Gasteiger partial charge < -0.3 is 9.64 Å². The number of nitrogens with zero attached hydrogens (tertiary/aromatic N) is 1. The first kappa shape index (κ1) is 30.8. The highest BCUT2D eigenvalue weighted by Crippen LogP contribution is 2.33. The number of ether oxygens (including phenoxy) is 1. The predicted octanol–water partition coefficient (Wildman–Crippen LogP) is 9.57. The monoisotopic (exact) mass is 559 g/mol. The number of benzene rings is 4. The van der Waals surface area contributed by atoms with Crippen molar-refractivity contribution in [1.82, 2.24) is 4.90 Å². The fraction of sp³-hybridized carbons (Fsp3) is 0.308. The molecule has 0 unspecified atom stereocenters. The minimum atomic E-state index is -0.101. The van der Waals surface area contributed by atoms with E-state index in [2.05, 4.69) is 106 Å². The summed E-state index contributed by atoms with van der Waals surface area (Å²) in [6.45, 7) is 11.1. The van der Waals surface area contributed by atoms with Crippen molar-refractivity contribution in [3.8, 4) is 39.1 Å². The molecule has 0 heterocycles. The van der Waals surface area contributed by atoms with Crippen LogP contribution < -0.4 is 4.74 Å². The lowest BCUT2D eigenvalue weighted by Crippen LogP contribution is -2.29. The van der Waals surface area contributed by atoms with E-state index >= 15 is 0 Å². The number of likely N-dealkylation sites (N-methyl/N-ethyl adjacent to an activating group) is 1. The lowest BCUT2D eigenvalue weighted by atomic mass is 9.91. The smallest absolute Gasteiger partial charge is 0.245 e. The highest BCUT2D eigenvalue weighted by molar-refractivity contribution is 5.86. The zero-order chi connectivity index (χ0) is 29.9. The first-order valence-corrected chi connectivity index (χ1v) is 15.4. The maximum absolute atomic E-state index is 11.7. The summed E-state index contributed by atoms with van der Waals surface area (Å²) < 4.78 is 5.95. The van der Waals surface area contributed by atoms with Crippen LogP contribution in [0.3, 0.4) is 0 Å². The van der Waals surface area contributed by atoms with E-state index in [4.69, 9.17) is 4.74 Å². The average molecular weight is 560 g/mol. The van der Waals surface area contributed by atoms with Crippen molar-refractivity contribution < 1.29 is 9.53 Å². The van der Waals surface area contributed by atoms with Gasteiger partial charge in [-0.25, -0.2) is 0 Å². The second-order valence-electron chi connectivity index (χ2n) is 10.9. The Labute approximate surface area is 252 Å². The summed E-state index contributed by atoms with van der Waals surface area (Å²) in [5, 5.41) is 0. The number of amides is 1. The molecule has 0 aliphatic heterocycles. The molecule has 0 aliphatic carbocycles. The fourth-order valence-electron chi connectivity index (χ4n) is 5.42. The van der Waals surface area contributed by atoms with Crippen LogP contribution in [0.15, 0.2) is 97.6 Å². The highest BCUT2D eigenvalue weighted by atomic mass is 16.5. The maximum atomic E-state index is 11.7. The van der Waals surface area contributed by atoms with E-state index in [0.717, 1.165) is 18.6 Å². The molecule has 1 amide bonds. The fourth-order valence-corrected chi connectivity index (χ4v) is 5.42. The molecule has 0 aromatic heterocycles. The molecule has 218 valence electrons. The third-order valence-electron chi connectivity index (χ3n) is 8.05. The Morgan fingerprint density at radius 1 is 0.738 bits per heavy atom. The van der Waals surface area contributed by atoms with E-state index in [1.54, 1.807) is 11.9 Å². The van der Waals surface area contributed by atoms with Gasteiger partial charge in [0.25, 0.3) is 0 Å². The number of rotatable bonds is 14. The van der Waals surface area contributed by atoms with Crippen LogP contribution in [0.4, 0.5) is 0 Å². The van der Waals surface area contributed by atoms with Gasteiger partial charge in [-0.05, 0) is 94.0 Å². The van der Waals surface area contributed by atoms with E-state index in [1.807, 2.05) is 6.07 Å². The zero-order valence-corrected chi connectivity index (χ0v) is 25.8. The van der Waals surface area contributed by atoms with Crippen molar-refractivity contribution in [2.75, 3.05) is 20.2 Å². The summed E-state index contributed by atoms with van der Waals surface area (Å²) in [5.41, 5.74) is 11.6. The van der Waals surface area contributed by atoms with Crippen molar-refractivity contribution in [1.29, 1.82) is 0 Å². The van der Waals surface area contributed by atoms with Gasteiger partial charge >= 0.3 is 0 Å². The Morgan fingerprint density at radius 3 is 1.90 bits per heavy atom. The van der Waals surface area contributed by atoms with Crippen LogP contribution in [-0.2, 0) is 24.1 Å². The third-order valence-corrected chi connectivity index (χ3v) is 8.05. The predicted molar refractivity (Wildman–Crippen MR) is 178 cm³/mol. The largest absolute Gasteiger partial charge is 0.492 e. The molecule has 0 saturated carbocycles. The van der Waals surface area contributed by atoms with Gasteiger partial charge in [0.15, 0.2) is 0 Å². The molecular formula is C39H45NO2. The summed E-state index contributed by atoms with van der Waals surface area (Å²) in [4.78, 5) is 13.3. The van der Waals surface area contributed by atoms with Crippen LogP contribution in [0.5, 0.6) is 5.75 Å². The SMILES string of the molecule is C=CC(=O)N(C)CCOc1ccc(-c2ccc(-c3ccc(-c4ccc(CCCCC)cc4)cc3CC)cc2)c(CC)c1. The van der Waals surface area contributed by atoms with Crippen molar-refractivity contribution in [2.24, 2.45) is 0 Å². The van der Waals surface area contributed by atoms with Crippen LogP contribution in [0.2, 0.25) is 0 Å². The van der Waals surface area contributed by atoms with Gasteiger partial charge in [-0.2, -0.15) is 0 Å². The number of hydrogen-bond acceptors (Lipinski definition) is 2. The number of aryl methyl sites for hydroxylation is 3. The Balaban J connectivity index is 1.47. The van der Waals surface area contributed by atoms with Gasteiger partial charge in [-0.1, -0.05) is 113 Å². The molecule has 0 spiro atoms. The minimum absolute atomic E-state index is 0.101. The normalized spacial score (nSPS) is 10.9. The quantitative estimate of drug-likeness (QED) is 0.114. The van der Waals surface area contributed by atoms with Crippen molar-refractivity contribution in [3.63, 3.8) is 0 Å². The van der Waals surface area contributed by atoms with Gasteiger partial charge in [0.2, 0.25) is 5.91 Å². The van der Waals surface area contributed by atoms with Crippen LogP contribution in [0.25, 0.3) is 33.4 Å². The Morgan fingerprint density at radius 2 is 1.31 bits per heavy atom. The van der Waals surface area contributed by atoms with Gasteiger partial charge in [0, 0.05) is 7.05 Å². The Bertz CT molecular complexity index is 1470. The van der Waals surface area contributed by atoms with E-state index in [1.165, 1.54) is 81.8 Å². The molecule has 0 fully saturated rings. The first-order valence-electron chi connectivity index (χ1n) is 15.4. The molecule has 0 bridgehead atoms. The molecule has 3 heteroatoms. The number of unbranched alkanes of at least 4 members (excludes halogenated alkanes) is 2. The topological polar surface area (TPSA) is 29.5 Å². The highest BCUT2D eigenvalue weighted by Gasteiger charge is 2.11. The second-order valence-corrected chi connectivity index (χ2v) is 10.9. The van der Waals surface area contributed by atoms with Gasteiger partial charge in [0.1, 0.15) is 12.4 Å². The lowest BCUT2D eigenvalue weighted by molar-refractivity contribution is -0.125. The molecule has 0 radical (unpaired) electrons. The molecule has 0 aliphatic rings. The van der Waals surface area contributed by atoms with E-state index in [9.17, 15) is 4.79 Å². The lowest BCUT2D eigenvalue weighted by Gasteiger charge is -2.17. The van der Waals surface area contributed by atoms with Gasteiger partial charge in [-0.3, -0.25) is 4.79 Å². The maximum Gasteiger partial charge on any atom is 0.245 e. The molecule has 0 atom stereocenters. The van der Waals surface area contributed by atoms with Gasteiger partial charge in [-0.15, -0.1) is 0 Å².